The molecule has 4 nitrogen and oxygen atoms in total. The van der Waals surface area contributed by atoms with Crippen LogP contribution in [0.25, 0.3) is 0 Å². The summed E-state index contributed by atoms with van der Waals surface area (Å²) < 4.78 is 0. The predicted octanol–water partition coefficient (Wildman–Crippen LogP) is 2.55. The molecule has 0 saturated carbocycles. The first-order chi connectivity index (χ1) is 9.73. The van der Waals surface area contributed by atoms with Crippen LogP contribution in [0.15, 0.2) is 29.3 Å². The van der Waals surface area contributed by atoms with E-state index in [9.17, 15) is 0 Å². The van der Waals surface area contributed by atoms with Crippen molar-refractivity contribution in [1.29, 1.82) is 0 Å². The highest BCUT2D eigenvalue weighted by atomic mass is 15.2. The van der Waals surface area contributed by atoms with Gasteiger partial charge in [0.1, 0.15) is 0 Å². The van der Waals surface area contributed by atoms with E-state index in [-0.39, 0.29) is 11.6 Å². The fraction of sp³-hybridized carbons (Fsp3) is 0.588. The molecule has 0 bridgehead atoms. The Bertz CT molecular complexity index is 455. The Balaban J connectivity index is 2.80. The number of benzene rings is 1. The molecule has 0 radical (unpaired) electrons. The molecule has 0 spiro atoms. The van der Waals surface area contributed by atoms with Crippen LogP contribution in [0.3, 0.4) is 0 Å². The fourth-order valence-electron chi connectivity index (χ4n) is 2.15. The maximum absolute atomic E-state index is 5.95. The summed E-state index contributed by atoms with van der Waals surface area (Å²) in [5.74, 6) is 0.500. The van der Waals surface area contributed by atoms with Gasteiger partial charge in [0.15, 0.2) is 5.96 Å². The number of likely N-dealkylation sites (N-methyl/N-ethyl adjacent to an activating group) is 1. The number of guanidine groups is 1. The summed E-state index contributed by atoms with van der Waals surface area (Å²) in [5.41, 5.74) is 8.51. The Morgan fingerprint density at radius 1 is 1.24 bits per heavy atom. The van der Waals surface area contributed by atoms with Crippen LogP contribution in [-0.4, -0.2) is 37.0 Å². The lowest BCUT2D eigenvalue weighted by Gasteiger charge is -2.25. The molecule has 118 valence electrons. The zero-order chi connectivity index (χ0) is 16.0. The zero-order valence-electron chi connectivity index (χ0n) is 14.3. The van der Waals surface area contributed by atoms with Crippen molar-refractivity contribution in [2.75, 3.05) is 20.6 Å². The van der Waals surface area contributed by atoms with Crippen LogP contribution in [0.1, 0.15) is 44.9 Å². The van der Waals surface area contributed by atoms with Crippen LogP contribution < -0.4 is 11.1 Å². The monoisotopic (exact) mass is 290 g/mol. The molecule has 21 heavy (non-hydrogen) atoms. The normalized spacial score (nSPS) is 14.3. The highest BCUT2D eigenvalue weighted by molar-refractivity contribution is 5.78. The zero-order valence-corrected chi connectivity index (χ0v) is 14.3. The standard InChI is InChI=1S/C17H30N4/c1-7-13-8-10-14(11-9-13)15(21(5)6)12-19-16(18)20-17(2,3)4/h8-11,15H,7,12H2,1-6H3,(H3,18,19,20). The van der Waals surface area contributed by atoms with Crippen molar-refractivity contribution >= 4 is 5.96 Å². The van der Waals surface area contributed by atoms with Crippen LogP contribution in [0.2, 0.25) is 0 Å². The molecular formula is C17H30N4. The molecule has 1 atom stereocenters. The van der Waals surface area contributed by atoms with Gasteiger partial charge in [0.2, 0.25) is 0 Å². The number of nitrogens with zero attached hydrogens (tertiary/aromatic N) is 2. The second kappa shape index (κ2) is 7.46. The second-order valence-electron chi connectivity index (χ2n) is 6.68. The van der Waals surface area contributed by atoms with Gasteiger partial charge in [-0.25, -0.2) is 0 Å². The summed E-state index contributed by atoms with van der Waals surface area (Å²) in [5, 5.41) is 3.19. The molecule has 0 aliphatic heterocycles. The topological polar surface area (TPSA) is 53.6 Å². The Labute approximate surface area is 129 Å². The van der Waals surface area contributed by atoms with E-state index in [0.29, 0.717) is 12.5 Å². The van der Waals surface area contributed by atoms with E-state index in [2.05, 4.69) is 81.3 Å². The molecule has 1 aromatic rings. The van der Waals surface area contributed by atoms with E-state index in [4.69, 9.17) is 5.73 Å². The van der Waals surface area contributed by atoms with Crippen molar-refractivity contribution in [3.8, 4) is 0 Å². The third kappa shape index (κ3) is 6.17. The highest BCUT2D eigenvalue weighted by Crippen LogP contribution is 2.19. The van der Waals surface area contributed by atoms with Gasteiger partial charge < -0.3 is 16.0 Å². The molecule has 0 saturated heterocycles. The minimum Gasteiger partial charge on any atom is -0.370 e. The van der Waals surface area contributed by atoms with E-state index in [1.54, 1.807) is 0 Å². The summed E-state index contributed by atoms with van der Waals surface area (Å²) >= 11 is 0. The molecule has 0 aliphatic rings. The quantitative estimate of drug-likeness (QED) is 0.647. The Kier molecular flexibility index (Phi) is 6.21. The number of nitrogens with one attached hydrogen (secondary N) is 1. The van der Waals surface area contributed by atoms with Crippen molar-refractivity contribution in [2.24, 2.45) is 10.7 Å². The number of aliphatic imine (C=N–C) groups is 1. The van der Waals surface area contributed by atoms with Crippen LogP contribution in [0.4, 0.5) is 0 Å². The van der Waals surface area contributed by atoms with Crippen LogP contribution in [-0.2, 0) is 6.42 Å². The Morgan fingerprint density at radius 3 is 2.24 bits per heavy atom. The summed E-state index contributed by atoms with van der Waals surface area (Å²) in [4.78, 5) is 6.67. The van der Waals surface area contributed by atoms with E-state index in [1.165, 1.54) is 11.1 Å². The van der Waals surface area contributed by atoms with Crippen molar-refractivity contribution < 1.29 is 0 Å². The molecule has 0 aromatic heterocycles. The molecule has 3 N–H and O–H groups in total. The van der Waals surface area contributed by atoms with E-state index in [0.717, 1.165) is 6.42 Å². The molecule has 0 fully saturated rings. The van der Waals surface area contributed by atoms with Gasteiger partial charge in [0, 0.05) is 5.54 Å². The van der Waals surface area contributed by atoms with Crippen molar-refractivity contribution in [3.63, 3.8) is 0 Å². The van der Waals surface area contributed by atoms with E-state index in [1.807, 2.05) is 0 Å². The van der Waals surface area contributed by atoms with E-state index >= 15 is 0 Å². The third-order valence-corrected chi connectivity index (χ3v) is 3.33. The first-order valence-corrected chi connectivity index (χ1v) is 7.56. The molecule has 0 amide bonds. The minimum absolute atomic E-state index is 0.0655. The summed E-state index contributed by atoms with van der Waals surface area (Å²) in [6.07, 6.45) is 1.06. The van der Waals surface area contributed by atoms with Crippen LogP contribution in [0.5, 0.6) is 0 Å². The maximum atomic E-state index is 5.95. The molecule has 1 rings (SSSR count). The van der Waals surface area contributed by atoms with E-state index < -0.39 is 0 Å². The largest absolute Gasteiger partial charge is 0.370 e. The van der Waals surface area contributed by atoms with Gasteiger partial charge in [-0.1, -0.05) is 31.2 Å². The van der Waals surface area contributed by atoms with Crippen molar-refractivity contribution in [3.05, 3.63) is 35.4 Å². The van der Waals surface area contributed by atoms with Gasteiger partial charge in [-0.15, -0.1) is 0 Å². The smallest absolute Gasteiger partial charge is 0.189 e. The molecular weight excluding hydrogens is 260 g/mol. The third-order valence-electron chi connectivity index (χ3n) is 3.33. The summed E-state index contributed by atoms with van der Waals surface area (Å²) in [6.45, 7) is 9.03. The predicted molar refractivity (Wildman–Crippen MR) is 91.6 cm³/mol. The Morgan fingerprint density at radius 2 is 1.81 bits per heavy atom. The number of hydrogen-bond acceptors (Lipinski definition) is 2. The van der Waals surface area contributed by atoms with Crippen LogP contribution >= 0.6 is 0 Å². The van der Waals surface area contributed by atoms with Gasteiger partial charge in [-0.2, -0.15) is 0 Å². The molecule has 0 aliphatic carbocycles. The molecule has 1 aromatic carbocycles. The van der Waals surface area contributed by atoms with Gasteiger partial charge in [-0.05, 0) is 52.4 Å². The first-order valence-electron chi connectivity index (χ1n) is 7.56. The minimum atomic E-state index is -0.0655. The average molecular weight is 290 g/mol. The Hall–Kier alpha value is -1.55. The first kappa shape index (κ1) is 17.5. The molecule has 0 heterocycles. The number of aryl methyl sites for hydroxylation is 1. The molecule has 1 unspecified atom stereocenters. The average Bonchev–Trinajstić information content (AvgIpc) is 2.37. The maximum Gasteiger partial charge on any atom is 0.189 e. The van der Waals surface area contributed by atoms with Crippen molar-refractivity contribution in [2.45, 2.75) is 45.7 Å². The lowest BCUT2D eigenvalue weighted by Crippen LogP contribution is -2.45. The lowest BCUT2D eigenvalue weighted by atomic mass is 10.0. The summed E-state index contributed by atoms with van der Waals surface area (Å²) in [7, 11) is 4.14. The lowest BCUT2D eigenvalue weighted by molar-refractivity contribution is 0.306. The molecule has 4 heteroatoms. The second-order valence-corrected chi connectivity index (χ2v) is 6.68. The SMILES string of the molecule is CCc1ccc(C(CN=C(N)NC(C)(C)C)N(C)C)cc1. The fourth-order valence-corrected chi connectivity index (χ4v) is 2.15. The van der Waals surface area contributed by atoms with Gasteiger partial charge in [0.25, 0.3) is 0 Å². The number of nitrogens with two attached hydrogens (primary N) is 1. The van der Waals surface area contributed by atoms with Crippen LogP contribution in [0, 0.1) is 0 Å². The number of rotatable bonds is 5. The number of hydrogen-bond donors (Lipinski definition) is 2. The van der Waals surface area contributed by atoms with Gasteiger partial charge in [-0.3, -0.25) is 4.99 Å². The van der Waals surface area contributed by atoms with Crippen molar-refractivity contribution in [1.82, 2.24) is 10.2 Å². The van der Waals surface area contributed by atoms with Gasteiger partial charge in [0.05, 0.1) is 12.6 Å². The highest BCUT2D eigenvalue weighted by Gasteiger charge is 2.15. The summed E-state index contributed by atoms with van der Waals surface area (Å²) in [6, 6.07) is 8.98. The van der Waals surface area contributed by atoms with Gasteiger partial charge >= 0.3 is 0 Å².